The molecular formula is C19H15N5O. The molecule has 0 aliphatic heterocycles. The Labute approximate surface area is 145 Å². The van der Waals surface area contributed by atoms with Gasteiger partial charge in [-0.15, -0.1) is 0 Å². The van der Waals surface area contributed by atoms with Crippen molar-refractivity contribution in [2.75, 3.05) is 0 Å². The van der Waals surface area contributed by atoms with Crippen LogP contribution in [0.5, 0.6) is 5.88 Å². The summed E-state index contributed by atoms with van der Waals surface area (Å²) in [6.45, 7) is 0.303. The third-order valence-corrected chi connectivity index (χ3v) is 4.20. The minimum atomic E-state index is 0.303. The Bertz CT molecular complexity index is 933. The van der Waals surface area contributed by atoms with Crippen molar-refractivity contribution in [2.45, 2.75) is 25.9 Å². The molecule has 3 heterocycles. The van der Waals surface area contributed by atoms with Crippen molar-refractivity contribution in [3.8, 4) is 23.2 Å². The van der Waals surface area contributed by atoms with Crippen LogP contribution in [0.15, 0.2) is 42.7 Å². The molecule has 0 aromatic carbocycles. The number of nitrogens with zero attached hydrogens (tertiary/aromatic N) is 5. The quantitative estimate of drug-likeness (QED) is 0.732. The fourth-order valence-electron chi connectivity index (χ4n) is 2.99. The van der Waals surface area contributed by atoms with Gasteiger partial charge < -0.3 is 4.74 Å². The van der Waals surface area contributed by atoms with Gasteiger partial charge in [-0.25, -0.2) is 4.98 Å². The Kier molecular flexibility index (Phi) is 4.05. The van der Waals surface area contributed by atoms with Crippen LogP contribution in [0.1, 0.15) is 28.9 Å². The van der Waals surface area contributed by atoms with Gasteiger partial charge in [0, 0.05) is 29.7 Å². The summed E-state index contributed by atoms with van der Waals surface area (Å²) in [4.78, 5) is 8.86. The maximum absolute atomic E-state index is 8.82. The van der Waals surface area contributed by atoms with E-state index in [1.54, 1.807) is 24.5 Å². The third kappa shape index (κ3) is 3.17. The standard InChI is InChI=1S/C19H15N5O/c20-10-13-6-7-14(21-11-13)12-25-19-9-16(18-5-2-8-22-24-18)15-3-1-4-17(15)23-19/h2,5-9,11H,1,3-4,12H2. The van der Waals surface area contributed by atoms with Crippen molar-refractivity contribution in [2.24, 2.45) is 0 Å². The van der Waals surface area contributed by atoms with Crippen LogP contribution < -0.4 is 4.74 Å². The van der Waals surface area contributed by atoms with Crippen LogP contribution >= 0.6 is 0 Å². The fraction of sp³-hybridized carbons (Fsp3) is 0.211. The van der Waals surface area contributed by atoms with Gasteiger partial charge in [-0.1, -0.05) is 0 Å². The van der Waals surface area contributed by atoms with Crippen molar-refractivity contribution in [1.29, 1.82) is 5.26 Å². The Hall–Kier alpha value is -3.33. The lowest BCUT2D eigenvalue weighted by Gasteiger charge is -2.11. The van der Waals surface area contributed by atoms with Crippen LogP contribution in [-0.4, -0.2) is 20.2 Å². The zero-order valence-corrected chi connectivity index (χ0v) is 13.5. The van der Waals surface area contributed by atoms with Crippen molar-refractivity contribution in [3.63, 3.8) is 0 Å². The summed E-state index contributed by atoms with van der Waals surface area (Å²) in [7, 11) is 0. The van der Waals surface area contributed by atoms with Crippen molar-refractivity contribution >= 4 is 0 Å². The lowest BCUT2D eigenvalue weighted by molar-refractivity contribution is 0.288. The minimum Gasteiger partial charge on any atom is -0.471 e. The van der Waals surface area contributed by atoms with Crippen LogP contribution in [0.25, 0.3) is 11.3 Å². The van der Waals surface area contributed by atoms with Gasteiger partial charge in [-0.2, -0.15) is 15.5 Å². The number of ether oxygens (including phenoxy) is 1. The molecule has 0 spiro atoms. The maximum Gasteiger partial charge on any atom is 0.214 e. The van der Waals surface area contributed by atoms with E-state index in [1.165, 1.54) is 5.56 Å². The Balaban J connectivity index is 1.61. The first-order valence-corrected chi connectivity index (χ1v) is 8.12. The van der Waals surface area contributed by atoms with Gasteiger partial charge in [-0.05, 0) is 49.1 Å². The molecule has 1 aliphatic carbocycles. The molecule has 4 rings (SSSR count). The molecule has 0 saturated carbocycles. The molecule has 0 unspecified atom stereocenters. The highest BCUT2D eigenvalue weighted by Crippen LogP contribution is 2.33. The highest BCUT2D eigenvalue weighted by atomic mass is 16.5. The topological polar surface area (TPSA) is 84.6 Å². The molecule has 0 atom stereocenters. The van der Waals surface area contributed by atoms with Gasteiger partial charge in [0.25, 0.3) is 0 Å². The number of rotatable bonds is 4. The summed E-state index contributed by atoms with van der Waals surface area (Å²) < 4.78 is 5.85. The highest BCUT2D eigenvalue weighted by Gasteiger charge is 2.20. The lowest BCUT2D eigenvalue weighted by Crippen LogP contribution is -2.03. The summed E-state index contributed by atoms with van der Waals surface area (Å²) in [6, 6.07) is 11.3. The summed E-state index contributed by atoms with van der Waals surface area (Å²) in [5.74, 6) is 0.562. The Morgan fingerprint density at radius 1 is 1.20 bits per heavy atom. The normalized spacial score (nSPS) is 12.4. The Morgan fingerprint density at radius 2 is 2.16 bits per heavy atom. The van der Waals surface area contributed by atoms with E-state index in [4.69, 9.17) is 10.00 Å². The molecule has 6 nitrogen and oxygen atoms in total. The first kappa shape index (κ1) is 15.2. The molecule has 122 valence electrons. The lowest BCUT2D eigenvalue weighted by atomic mass is 10.0. The van der Waals surface area contributed by atoms with E-state index in [1.807, 2.05) is 18.2 Å². The fourth-order valence-corrected chi connectivity index (χ4v) is 2.99. The molecule has 0 amide bonds. The van der Waals surface area contributed by atoms with Gasteiger partial charge in [0.2, 0.25) is 5.88 Å². The number of pyridine rings is 2. The summed E-state index contributed by atoms with van der Waals surface area (Å²) >= 11 is 0. The minimum absolute atomic E-state index is 0.303. The van der Waals surface area contributed by atoms with Crippen molar-refractivity contribution in [3.05, 3.63) is 65.2 Å². The van der Waals surface area contributed by atoms with E-state index >= 15 is 0 Å². The monoisotopic (exact) mass is 329 g/mol. The summed E-state index contributed by atoms with van der Waals surface area (Å²) in [5.41, 5.74) is 5.48. The predicted molar refractivity (Wildman–Crippen MR) is 90.6 cm³/mol. The van der Waals surface area contributed by atoms with Crippen LogP contribution in [-0.2, 0) is 19.4 Å². The molecule has 0 radical (unpaired) electrons. The molecule has 6 heteroatoms. The molecule has 3 aromatic heterocycles. The number of aryl methyl sites for hydroxylation is 1. The largest absolute Gasteiger partial charge is 0.471 e. The van der Waals surface area contributed by atoms with E-state index in [0.717, 1.165) is 41.9 Å². The third-order valence-electron chi connectivity index (χ3n) is 4.20. The second-order valence-corrected chi connectivity index (χ2v) is 5.83. The second-order valence-electron chi connectivity index (χ2n) is 5.83. The van der Waals surface area contributed by atoms with E-state index in [2.05, 4.69) is 26.2 Å². The number of nitriles is 1. The molecule has 0 N–H and O–H groups in total. The van der Waals surface area contributed by atoms with Crippen LogP contribution in [0.3, 0.4) is 0 Å². The van der Waals surface area contributed by atoms with Crippen molar-refractivity contribution < 1.29 is 4.74 Å². The molecule has 0 saturated heterocycles. The molecule has 3 aromatic rings. The smallest absolute Gasteiger partial charge is 0.214 e. The number of fused-ring (bicyclic) bond motifs is 1. The first-order valence-electron chi connectivity index (χ1n) is 8.12. The highest BCUT2D eigenvalue weighted by molar-refractivity contribution is 5.66. The average Bonchev–Trinajstić information content (AvgIpc) is 3.15. The molecule has 25 heavy (non-hydrogen) atoms. The Morgan fingerprint density at radius 3 is 2.92 bits per heavy atom. The average molecular weight is 329 g/mol. The molecule has 1 aliphatic rings. The molecule has 0 fully saturated rings. The van der Waals surface area contributed by atoms with Crippen LogP contribution in [0.2, 0.25) is 0 Å². The number of hydrogen-bond donors (Lipinski definition) is 0. The maximum atomic E-state index is 8.82. The van der Waals surface area contributed by atoms with Gasteiger partial charge in [-0.3, -0.25) is 4.98 Å². The van der Waals surface area contributed by atoms with Crippen LogP contribution in [0.4, 0.5) is 0 Å². The van der Waals surface area contributed by atoms with Gasteiger partial charge in [0.15, 0.2) is 0 Å². The van der Waals surface area contributed by atoms with E-state index in [0.29, 0.717) is 18.1 Å². The number of aromatic nitrogens is 4. The van der Waals surface area contributed by atoms with Gasteiger partial charge in [0.05, 0.1) is 17.0 Å². The van der Waals surface area contributed by atoms with E-state index < -0.39 is 0 Å². The molecular weight excluding hydrogens is 314 g/mol. The van der Waals surface area contributed by atoms with E-state index in [9.17, 15) is 0 Å². The van der Waals surface area contributed by atoms with Crippen LogP contribution in [0, 0.1) is 11.3 Å². The zero-order chi connectivity index (χ0) is 17.1. The molecule has 0 bridgehead atoms. The number of hydrogen-bond acceptors (Lipinski definition) is 6. The van der Waals surface area contributed by atoms with Gasteiger partial charge >= 0.3 is 0 Å². The van der Waals surface area contributed by atoms with Crippen molar-refractivity contribution in [1.82, 2.24) is 20.2 Å². The van der Waals surface area contributed by atoms with E-state index in [-0.39, 0.29) is 0 Å². The SMILES string of the molecule is N#Cc1ccc(COc2cc(-c3cccnn3)c3c(n2)CCC3)nc1. The van der Waals surface area contributed by atoms with Gasteiger partial charge in [0.1, 0.15) is 12.7 Å². The zero-order valence-electron chi connectivity index (χ0n) is 13.5. The second kappa shape index (κ2) is 6.65. The predicted octanol–water partition coefficient (Wildman–Crippen LogP) is 2.87. The summed E-state index contributed by atoms with van der Waals surface area (Å²) in [6.07, 6.45) is 6.26. The first-order chi connectivity index (χ1) is 12.3. The summed E-state index contributed by atoms with van der Waals surface area (Å²) in [5, 5.41) is 17.0.